The largest absolute Gasteiger partial charge is 0.343 e. The van der Waals surface area contributed by atoms with Crippen LogP contribution in [-0.4, -0.2) is 21.0 Å². The molecule has 3 aromatic carbocycles. The second kappa shape index (κ2) is 10.3. The van der Waals surface area contributed by atoms with E-state index >= 15 is 0 Å². The van der Waals surface area contributed by atoms with Crippen molar-refractivity contribution in [3.63, 3.8) is 0 Å². The minimum Gasteiger partial charge on any atom is -0.343 e. The standard InChI is InChI=1S/C37H36N2O2/c1-24-18-19-27(20-25(24)2)21-38-23-29(28-12-6-7-13-30(28)38)35-36-31(14-8-16-33(36)40)39(22-26-10-4-3-5-11-26)32-15-9-17-34(41)37(32)35/h3-7,10-13,18-20,23,35H,8-9,14-17,21-22H2,1-2H3. The highest BCUT2D eigenvalue weighted by atomic mass is 16.1. The fraction of sp³-hybridized carbons (Fsp3) is 0.297. The first-order chi connectivity index (χ1) is 20.0. The van der Waals surface area contributed by atoms with Gasteiger partial charge in [0.2, 0.25) is 0 Å². The number of hydrogen-bond donors (Lipinski definition) is 0. The number of allylic oxidation sites excluding steroid dienone is 4. The number of fused-ring (bicyclic) bond motifs is 1. The Labute approximate surface area is 242 Å². The van der Waals surface area contributed by atoms with Crippen LogP contribution in [0.1, 0.15) is 72.3 Å². The first kappa shape index (κ1) is 25.8. The summed E-state index contributed by atoms with van der Waals surface area (Å²) in [7, 11) is 0. The average molecular weight is 541 g/mol. The first-order valence-electron chi connectivity index (χ1n) is 15.0. The number of para-hydroxylation sites is 1. The molecule has 0 spiro atoms. The van der Waals surface area contributed by atoms with Gasteiger partial charge in [0.15, 0.2) is 11.6 Å². The molecular formula is C37H36N2O2. The van der Waals surface area contributed by atoms with Crippen LogP contribution in [0.2, 0.25) is 0 Å². The van der Waals surface area contributed by atoms with Gasteiger partial charge in [0.05, 0.1) is 0 Å². The molecule has 4 aromatic rings. The Morgan fingerprint density at radius 1 is 0.683 bits per heavy atom. The van der Waals surface area contributed by atoms with E-state index in [-0.39, 0.29) is 17.5 Å². The van der Waals surface area contributed by atoms with Crippen molar-refractivity contribution in [2.45, 2.75) is 71.4 Å². The number of nitrogens with zero attached hydrogens (tertiary/aromatic N) is 2. The Hall–Kier alpha value is -4.18. The molecule has 0 N–H and O–H groups in total. The van der Waals surface area contributed by atoms with Crippen molar-refractivity contribution < 1.29 is 9.59 Å². The van der Waals surface area contributed by atoms with Crippen molar-refractivity contribution >= 4 is 22.5 Å². The second-order valence-corrected chi connectivity index (χ2v) is 11.9. The van der Waals surface area contributed by atoms with E-state index in [1.165, 1.54) is 22.3 Å². The second-order valence-electron chi connectivity index (χ2n) is 11.9. The third kappa shape index (κ3) is 4.46. The Kier molecular flexibility index (Phi) is 6.50. The van der Waals surface area contributed by atoms with Crippen LogP contribution >= 0.6 is 0 Å². The zero-order valence-electron chi connectivity index (χ0n) is 24.0. The van der Waals surface area contributed by atoms with E-state index in [4.69, 9.17) is 0 Å². The molecule has 0 saturated carbocycles. The van der Waals surface area contributed by atoms with Gasteiger partial charge < -0.3 is 9.47 Å². The Bertz CT molecular complexity index is 1710. The highest BCUT2D eigenvalue weighted by molar-refractivity contribution is 6.07. The third-order valence-electron chi connectivity index (χ3n) is 9.32. The van der Waals surface area contributed by atoms with E-state index in [0.717, 1.165) is 71.2 Å². The summed E-state index contributed by atoms with van der Waals surface area (Å²) in [4.78, 5) is 30.1. The molecule has 4 heteroatoms. The number of hydrogen-bond acceptors (Lipinski definition) is 3. The van der Waals surface area contributed by atoms with Gasteiger partial charge in [-0.05, 0) is 73.4 Å². The molecule has 2 heterocycles. The average Bonchev–Trinajstić information content (AvgIpc) is 3.34. The summed E-state index contributed by atoms with van der Waals surface area (Å²) in [6.45, 7) is 5.74. The van der Waals surface area contributed by atoms with Gasteiger partial charge in [-0.15, -0.1) is 0 Å². The van der Waals surface area contributed by atoms with Gasteiger partial charge in [-0.2, -0.15) is 0 Å². The smallest absolute Gasteiger partial charge is 0.161 e. The molecule has 206 valence electrons. The van der Waals surface area contributed by atoms with E-state index in [0.29, 0.717) is 19.4 Å². The molecule has 0 amide bonds. The summed E-state index contributed by atoms with van der Waals surface area (Å²) < 4.78 is 2.31. The van der Waals surface area contributed by atoms with Crippen molar-refractivity contribution in [3.05, 3.63) is 129 Å². The molecule has 1 aliphatic heterocycles. The predicted molar refractivity (Wildman–Crippen MR) is 163 cm³/mol. The molecule has 2 aliphatic carbocycles. The number of Topliss-reactive ketones (excluding diaryl/α,β-unsaturated/α-hetero) is 2. The van der Waals surface area contributed by atoms with E-state index in [1.807, 2.05) is 6.07 Å². The number of aromatic nitrogens is 1. The lowest BCUT2D eigenvalue weighted by atomic mass is 9.71. The lowest BCUT2D eigenvalue weighted by molar-refractivity contribution is -0.117. The van der Waals surface area contributed by atoms with E-state index in [2.05, 4.69) is 96.2 Å². The third-order valence-corrected chi connectivity index (χ3v) is 9.32. The highest BCUT2D eigenvalue weighted by Crippen LogP contribution is 2.51. The Morgan fingerprint density at radius 2 is 1.34 bits per heavy atom. The van der Waals surface area contributed by atoms with E-state index < -0.39 is 0 Å². The molecular weight excluding hydrogens is 504 g/mol. The van der Waals surface area contributed by atoms with Crippen LogP contribution in [-0.2, 0) is 22.7 Å². The van der Waals surface area contributed by atoms with Gasteiger partial charge in [-0.3, -0.25) is 9.59 Å². The molecule has 0 unspecified atom stereocenters. The van der Waals surface area contributed by atoms with Crippen LogP contribution in [0.3, 0.4) is 0 Å². The van der Waals surface area contributed by atoms with Crippen molar-refractivity contribution in [1.82, 2.24) is 9.47 Å². The van der Waals surface area contributed by atoms with Gasteiger partial charge in [-0.25, -0.2) is 0 Å². The molecule has 41 heavy (non-hydrogen) atoms. The minimum absolute atomic E-state index is 0.199. The maximum absolute atomic E-state index is 13.9. The molecule has 3 aliphatic rings. The van der Waals surface area contributed by atoms with Gasteiger partial charge in [-0.1, -0.05) is 66.7 Å². The minimum atomic E-state index is -0.307. The summed E-state index contributed by atoms with van der Waals surface area (Å²) in [6, 6.07) is 25.6. The van der Waals surface area contributed by atoms with Crippen LogP contribution in [0.25, 0.3) is 10.9 Å². The summed E-state index contributed by atoms with van der Waals surface area (Å²) in [5.74, 6) is 0.0916. The predicted octanol–water partition coefficient (Wildman–Crippen LogP) is 7.92. The first-order valence-corrected chi connectivity index (χ1v) is 15.0. The monoisotopic (exact) mass is 540 g/mol. The van der Waals surface area contributed by atoms with Crippen molar-refractivity contribution in [3.8, 4) is 0 Å². The normalized spacial score (nSPS) is 17.9. The summed E-state index contributed by atoms with van der Waals surface area (Å²) in [5.41, 5.74) is 11.2. The van der Waals surface area contributed by atoms with Crippen LogP contribution in [0, 0.1) is 13.8 Å². The maximum Gasteiger partial charge on any atom is 0.161 e. The Morgan fingerprint density at radius 3 is 2.02 bits per heavy atom. The van der Waals surface area contributed by atoms with Gasteiger partial charge in [0.25, 0.3) is 0 Å². The van der Waals surface area contributed by atoms with Crippen LogP contribution in [0.15, 0.2) is 102 Å². The quantitative estimate of drug-likeness (QED) is 0.258. The van der Waals surface area contributed by atoms with Gasteiger partial charge in [0, 0.05) is 71.5 Å². The number of aryl methyl sites for hydroxylation is 2. The van der Waals surface area contributed by atoms with E-state index in [1.54, 1.807) is 0 Å². The maximum atomic E-state index is 13.9. The molecule has 4 nitrogen and oxygen atoms in total. The van der Waals surface area contributed by atoms with Crippen LogP contribution in [0.5, 0.6) is 0 Å². The van der Waals surface area contributed by atoms with Gasteiger partial charge >= 0.3 is 0 Å². The lowest BCUT2D eigenvalue weighted by Gasteiger charge is -2.44. The number of carbonyl (C=O) groups excluding carboxylic acids is 2. The number of carbonyl (C=O) groups is 2. The molecule has 0 bridgehead atoms. The van der Waals surface area contributed by atoms with Crippen molar-refractivity contribution in [2.75, 3.05) is 0 Å². The molecule has 0 saturated heterocycles. The number of benzene rings is 3. The van der Waals surface area contributed by atoms with Gasteiger partial charge in [0.1, 0.15) is 0 Å². The topological polar surface area (TPSA) is 42.3 Å². The van der Waals surface area contributed by atoms with Crippen molar-refractivity contribution in [2.24, 2.45) is 0 Å². The molecule has 0 atom stereocenters. The highest BCUT2D eigenvalue weighted by Gasteiger charge is 2.44. The molecule has 7 rings (SSSR count). The lowest BCUT2D eigenvalue weighted by Crippen LogP contribution is -2.38. The fourth-order valence-electron chi connectivity index (χ4n) is 7.22. The summed E-state index contributed by atoms with van der Waals surface area (Å²) in [6.07, 6.45) is 6.80. The fourth-order valence-corrected chi connectivity index (χ4v) is 7.22. The number of ketones is 2. The Balaban J connectivity index is 1.42. The molecule has 0 fully saturated rings. The van der Waals surface area contributed by atoms with E-state index in [9.17, 15) is 9.59 Å². The van der Waals surface area contributed by atoms with Crippen LogP contribution < -0.4 is 0 Å². The number of rotatable bonds is 5. The zero-order valence-corrected chi connectivity index (χ0v) is 24.0. The summed E-state index contributed by atoms with van der Waals surface area (Å²) >= 11 is 0. The SMILES string of the molecule is Cc1ccc(Cn2cc(C3C4=C(CCCC4=O)N(Cc4ccccc4)C4=C3C(=O)CCC4)c3ccccc32)cc1C. The van der Waals surface area contributed by atoms with Crippen molar-refractivity contribution in [1.29, 1.82) is 0 Å². The van der Waals surface area contributed by atoms with Crippen LogP contribution in [0.4, 0.5) is 0 Å². The molecule has 1 aromatic heterocycles. The summed E-state index contributed by atoms with van der Waals surface area (Å²) in [5, 5.41) is 1.13. The molecule has 0 radical (unpaired) electrons. The zero-order chi connectivity index (χ0) is 28.1.